The Balaban J connectivity index is 0.00000200. The molecule has 1 aliphatic rings. The lowest BCUT2D eigenvalue weighted by atomic mass is 9.54. The zero-order chi connectivity index (χ0) is 14.3. The highest BCUT2D eigenvalue weighted by Gasteiger charge is 2.62. The number of rotatable bonds is 3. The van der Waals surface area contributed by atoms with E-state index in [9.17, 15) is 4.79 Å². The van der Waals surface area contributed by atoms with Gasteiger partial charge in [0.2, 0.25) is 0 Å². The third-order valence-corrected chi connectivity index (χ3v) is 5.02. The van der Waals surface area contributed by atoms with Crippen molar-refractivity contribution in [1.29, 1.82) is 0 Å². The molecule has 0 bridgehead atoms. The van der Waals surface area contributed by atoms with Gasteiger partial charge in [-0.2, -0.15) is 4.99 Å². The number of aromatic nitrogens is 1. The largest absolute Gasteiger partial charge is 0.378 e. The lowest BCUT2D eigenvalue weighted by molar-refractivity contribution is -0.168. The van der Waals surface area contributed by atoms with Gasteiger partial charge >= 0.3 is 0 Å². The molecule has 0 saturated heterocycles. The summed E-state index contributed by atoms with van der Waals surface area (Å²) in [5, 5.41) is 1.89. The summed E-state index contributed by atoms with van der Waals surface area (Å²) in [6.07, 6.45) is 2.43. The van der Waals surface area contributed by atoms with Gasteiger partial charge in [0.05, 0.1) is 6.10 Å². The zero-order valence-electron chi connectivity index (χ0n) is 12.3. The van der Waals surface area contributed by atoms with E-state index in [1.807, 2.05) is 44.0 Å². The highest BCUT2D eigenvalue weighted by atomic mass is 35.5. The molecule has 0 spiro atoms. The molecule has 1 aromatic rings. The first-order valence-electron chi connectivity index (χ1n) is 6.42. The summed E-state index contributed by atoms with van der Waals surface area (Å²) in [7, 11) is 1.86. The number of aryl methyl sites for hydroxylation is 1. The molecule has 2 unspecified atom stereocenters. The standard InChI is InChI=1S/C13H21N3O2S.ClH/c1-5-18-9-8-13(14,12(9,2)3)10(17)15-11-16(4)6-7-19-11;/h6-7,9H,5,8,14H2,1-4H3;1H. The molecular weight excluding hydrogens is 298 g/mol. The van der Waals surface area contributed by atoms with Gasteiger partial charge in [-0.05, 0) is 6.92 Å². The van der Waals surface area contributed by atoms with E-state index in [1.165, 1.54) is 11.3 Å². The first kappa shape index (κ1) is 17.4. The van der Waals surface area contributed by atoms with Crippen LogP contribution in [-0.2, 0) is 16.6 Å². The summed E-state index contributed by atoms with van der Waals surface area (Å²) in [6.45, 7) is 6.52. The zero-order valence-corrected chi connectivity index (χ0v) is 13.9. The average molecular weight is 320 g/mol. The quantitative estimate of drug-likeness (QED) is 0.917. The summed E-state index contributed by atoms with van der Waals surface area (Å²) in [6, 6.07) is 0. The number of thiazole rings is 1. The third-order valence-electron chi connectivity index (χ3n) is 4.17. The fourth-order valence-corrected chi connectivity index (χ4v) is 3.15. The maximum atomic E-state index is 12.4. The Labute approximate surface area is 129 Å². The molecule has 114 valence electrons. The number of hydrogen-bond acceptors (Lipinski definition) is 4. The van der Waals surface area contributed by atoms with Crippen molar-refractivity contribution in [1.82, 2.24) is 4.57 Å². The smallest absolute Gasteiger partial charge is 0.269 e. The number of carbonyl (C=O) groups excluding carboxylic acids is 1. The van der Waals surface area contributed by atoms with Gasteiger partial charge < -0.3 is 15.0 Å². The van der Waals surface area contributed by atoms with Crippen LogP contribution >= 0.6 is 23.7 Å². The van der Waals surface area contributed by atoms with E-state index in [4.69, 9.17) is 10.5 Å². The maximum Gasteiger partial charge on any atom is 0.269 e. The van der Waals surface area contributed by atoms with Gasteiger partial charge in [-0.1, -0.05) is 13.8 Å². The summed E-state index contributed by atoms with van der Waals surface area (Å²) >= 11 is 1.43. The number of ether oxygens (including phenoxy) is 1. The van der Waals surface area contributed by atoms with Crippen LogP contribution in [0.2, 0.25) is 0 Å². The molecule has 2 atom stereocenters. The van der Waals surface area contributed by atoms with Crippen LogP contribution in [-0.4, -0.2) is 28.7 Å². The number of nitrogens with two attached hydrogens (primary N) is 1. The summed E-state index contributed by atoms with van der Waals surface area (Å²) < 4.78 is 7.44. The highest BCUT2D eigenvalue weighted by molar-refractivity contribution is 7.07. The van der Waals surface area contributed by atoms with Crippen molar-refractivity contribution in [2.75, 3.05) is 6.61 Å². The van der Waals surface area contributed by atoms with E-state index in [0.717, 1.165) is 0 Å². The number of nitrogens with zero attached hydrogens (tertiary/aromatic N) is 2. The highest BCUT2D eigenvalue weighted by Crippen LogP contribution is 2.50. The summed E-state index contributed by atoms with van der Waals surface area (Å²) in [5.74, 6) is -0.258. The lowest BCUT2D eigenvalue weighted by Crippen LogP contribution is -2.73. The summed E-state index contributed by atoms with van der Waals surface area (Å²) in [4.78, 5) is 17.2. The minimum atomic E-state index is -0.927. The minimum Gasteiger partial charge on any atom is -0.378 e. The van der Waals surface area contributed by atoms with Crippen LogP contribution in [0.5, 0.6) is 0 Å². The van der Waals surface area contributed by atoms with E-state index in [1.54, 1.807) is 0 Å². The first-order chi connectivity index (χ1) is 8.83. The Morgan fingerprint density at radius 3 is 2.75 bits per heavy atom. The number of amides is 1. The number of hydrogen-bond donors (Lipinski definition) is 1. The molecule has 0 aliphatic heterocycles. The van der Waals surface area contributed by atoms with E-state index in [0.29, 0.717) is 17.8 Å². The third kappa shape index (κ3) is 2.57. The molecule has 1 heterocycles. The van der Waals surface area contributed by atoms with Crippen molar-refractivity contribution in [3.8, 4) is 0 Å². The predicted octanol–water partition coefficient (Wildman–Crippen LogP) is 1.47. The molecule has 7 heteroatoms. The van der Waals surface area contributed by atoms with Crippen LogP contribution in [0.3, 0.4) is 0 Å². The van der Waals surface area contributed by atoms with Crippen LogP contribution in [0, 0.1) is 5.41 Å². The molecule has 2 N–H and O–H groups in total. The molecule has 1 aromatic heterocycles. The number of halogens is 1. The Morgan fingerprint density at radius 2 is 2.30 bits per heavy atom. The topological polar surface area (TPSA) is 69.6 Å². The molecule has 20 heavy (non-hydrogen) atoms. The second-order valence-electron chi connectivity index (χ2n) is 5.55. The Morgan fingerprint density at radius 1 is 1.65 bits per heavy atom. The summed E-state index contributed by atoms with van der Waals surface area (Å²) in [5.41, 5.74) is 4.97. The normalized spacial score (nSPS) is 28.6. The van der Waals surface area contributed by atoms with E-state index < -0.39 is 5.54 Å². The van der Waals surface area contributed by atoms with Crippen LogP contribution in [0.15, 0.2) is 16.6 Å². The van der Waals surface area contributed by atoms with Crippen LogP contribution in [0.25, 0.3) is 0 Å². The van der Waals surface area contributed by atoms with Crippen LogP contribution in [0.4, 0.5) is 0 Å². The van der Waals surface area contributed by atoms with E-state index in [2.05, 4.69) is 4.99 Å². The maximum absolute atomic E-state index is 12.4. The van der Waals surface area contributed by atoms with Crippen molar-refractivity contribution >= 4 is 29.7 Å². The molecule has 1 fully saturated rings. The van der Waals surface area contributed by atoms with Gasteiger partial charge in [0.25, 0.3) is 5.91 Å². The van der Waals surface area contributed by atoms with E-state index in [-0.39, 0.29) is 29.8 Å². The van der Waals surface area contributed by atoms with Gasteiger partial charge in [-0.25, -0.2) is 0 Å². The average Bonchev–Trinajstić information content (AvgIpc) is 2.74. The first-order valence-corrected chi connectivity index (χ1v) is 7.30. The SMILES string of the molecule is CCOC1CC(N)(C(=O)N=c2sccn2C)C1(C)C.Cl. The van der Waals surface area contributed by atoms with Crippen molar-refractivity contribution in [2.45, 2.75) is 38.8 Å². The minimum absolute atomic E-state index is 0. The van der Waals surface area contributed by atoms with Gasteiger partial charge in [-0.3, -0.25) is 4.79 Å². The lowest BCUT2D eigenvalue weighted by Gasteiger charge is -2.56. The fraction of sp³-hybridized carbons (Fsp3) is 0.692. The van der Waals surface area contributed by atoms with Crippen molar-refractivity contribution in [3.05, 3.63) is 16.4 Å². The molecule has 1 aliphatic carbocycles. The molecule has 1 saturated carbocycles. The van der Waals surface area contributed by atoms with Crippen LogP contribution < -0.4 is 10.5 Å². The molecule has 0 radical (unpaired) electrons. The molecule has 0 aromatic carbocycles. The monoisotopic (exact) mass is 319 g/mol. The second-order valence-corrected chi connectivity index (χ2v) is 6.43. The van der Waals surface area contributed by atoms with Gasteiger partial charge in [0.1, 0.15) is 5.54 Å². The molecule has 2 rings (SSSR count). The Hall–Kier alpha value is -0.690. The van der Waals surface area contributed by atoms with Gasteiger partial charge in [0, 0.05) is 37.1 Å². The van der Waals surface area contributed by atoms with E-state index >= 15 is 0 Å². The fourth-order valence-electron chi connectivity index (χ4n) is 2.42. The molecule has 1 amide bonds. The molecule has 5 nitrogen and oxygen atoms in total. The van der Waals surface area contributed by atoms with Crippen molar-refractivity contribution < 1.29 is 9.53 Å². The number of carbonyl (C=O) groups is 1. The molecular formula is C13H22ClN3O2S. The second kappa shape index (κ2) is 5.97. The van der Waals surface area contributed by atoms with Gasteiger partial charge in [0.15, 0.2) is 4.80 Å². The van der Waals surface area contributed by atoms with Gasteiger partial charge in [-0.15, -0.1) is 23.7 Å². The predicted molar refractivity (Wildman–Crippen MR) is 81.8 cm³/mol. The Bertz CT molecular complexity index is 552. The Kier molecular flexibility index (Phi) is 5.18. The van der Waals surface area contributed by atoms with Crippen molar-refractivity contribution in [3.63, 3.8) is 0 Å². The van der Waals surface area contributed by atoms with Crippen LogP contribution in [0.1, 0.15) is 27.2 Å². The van der Waals surface area contributed by atoms with Crippen molar-refractivity contribution in [2.24, 2.45) is 23.2 Å².